The van der Waals surface area contributed by atoms with Crippen molar-refractivity contribution in [2.24, 2.45) is 5.92 Å². The van der Waals surface area contributed by atoms with Crippen LogP contribution >= 0.6 is 0 Å². The molecule has 0 bridgehead atoms. The molecule has 0 radical (unpaired) electrons. The molecule has 7 heteroatoms. The van der Waals surface area contributed by atoms with Gasteiger partial charge in [-0.2, -0.15) is 0 Å². The summed E-state index contributed by atoms with van der Waals surface area (Å²) < 4.78 is 1.62. The number of carbonyl (C=O) groups is 2. The van der Waals surface area contributed by atoms with Gasteiger partial charge in [0, 0.05) is 0 Å². The maximum atomic E-state index is 12.4. The van der Waals surface area contributed by atoms with Gasteiger partial charge in [0.15, 0.2) is 5.82 Å². The Morgan fingerprint density at radius 1 is 1.26 bits per heavy atom. The van der Waals surface area contributed by atoms with Crippen LogP contribution in [0.5, 0.6) is 0 Å². The Bertz CT molecular complexity index is 712. The first-order valence-corrected chi connectivity index (χ1v) is 7.68. The maximum Gasteiger partial charge on any atom is 0.325 e. The second kappa shape index (κ2) is 6.20. The average molecular weight is 313 g/mol. The number of para-hydroxylation sites is 1. The van der Waals surface area contributed by atoms with E-state index in [2.05, 4.69) is 15.4 Å². The number of rotatable bonds is 5. The Morgan fingerprint density at radius 3 is 2.70 bits per heavy atom. The number of nitrogens with one attached hydrogen (secondary N) is 1. The predicted octanol–water partition coefficient (Wildman–Crippen LogP) is 1.73. The van der Waals surface area contributed by atoms with Crippen molar-refractivity contribution >= 4 is 11.9 Å². The molecule has 23 heavy (non-hydrogen) atoms. The van der Waals surface area contributed by atoms with Crippen LogP contribution in [-0.4, -0.2) is 37.6 Å². The molecule has 0 spiro atoms. The van der Waals surface area contributed by atoms with E-state index in [1.165, 1.54) is 4.90 Å². The highest BCUT2D eigenvalue weighted by molar-refractivity contribution is 6.04. The van der Waals surface area contributed by atoms with E-state index in [9.17, 15) is 9.59 Å². The predicted molar refractivity (Wildman–Crippen MR) is 83.7 cm³/mol. The SMILES string of the molecule is CC[C@H](C)[C@@H]1NC(=O)N(Cc2ncn(-c3ccccc3)n2)C1=O. The van der Waals surface area contributed by atoms with E-state index in [4.69, 9.17) is 0 Å². The molecular formula is C16H19N5O2. The van der Waals surface area contributed by atoms with Crippen LogP contribution in [0, 0.1) is 5.92 Å². The molecule has 2 heterocycles. The van der Waals surface area contributed by atoms with Gasteiger partial charge < -0.3 is 5.32 Å². The van der Waals surface area contributed by atoms with E-state index < -0.39 is 6.04 Å². The topological polar surface area (TPSA) is 80.1 Å². The normalized spacial score (nSPS) is 19.0. The van der Waals surface area contributed by atoms with Crippen LogP contribution < -0.4 is 5.32 Å². The van der Waals surface area contributed by atoms with Gasteiger partial charge in [0.05, 0.1) is 12.2 Å². The van der Waals surface area contributed by atoms with Crippen molar-refractivity contribution in [3.8, 4) is 5.69 Å². The summed E-state index contributed by atoms with van der Waals surface area (Å²) in [5, 5.41) is 7.07. The highest BCUT2D eigenvalue weighted by atomic mass is 16.2. The Morgan fingerprint density at radius 2 is 2.00 bits per heavy atom. The number of imide groups is 1. The van der Waals surface area contributed by atoms with Crippen molar-refractivity contribution in [2.75, 3.05) is 0 Å². The Labute approximate surface area is 134 Å². The Kier molecular flexibility index (Phi) is 4.10. The summed E-state index contributed by atoms with van der Waals surface area (Å²) in [5.74, 6) is 0.328. The first kappa shape index (κ1) is 15.2. The number of aromatic nitrogens is 3. The molecule has 1 aromatic carbocycles. The lowest BCUT2D eigenvalue weighted by Gasteiger charge is -2.15. The molecule has 1 aliphatic heterocycles. The minimum atomic E-state index is -0.455. The highest BCUT2D eigenvalue weighted by Gasteiger charge is 2.40. The molecule has 1 N–H and O–H groups in total. The van der Waals surface area contributed by atoms with Gasteiger partial charge in [-0.3, -0.25) is 9.69 Å². The summed E-state index contributed by atoms with van der Waals surface area (Å²) in [6, 6.07) is 8.72. The van der Waals surface area contributed by atoms with E-state index in [0.717, 1.165) is 12.1 Å². The fourth-order valence-corrected chi connectivity index (χ4v) is 2.53. The van der Waals surface area contributed by atoms with Gasteiger partial charge in [-0.05, 0) is 18.1 Å². The summed E-state index contributed by atoms with van der Waals surface area (Å²) in [6.07, 6.45) is 2.40. The molecule has 0 saturated carbocycles. The van der Waals surface area contributed by atoms with Gasteiger partial charge in [0.2, 0.25) is 0 Å². The van der Waals surface area contributed by atoms with Crippen molar-refractivity contribution < 1.29 is 9.59 Å². The van der Waals surface area contributed by atoms with Crippen molar-refractivity contribution in [1.29, 1.82) is 0 Å². The van der Waals surface area contributed by atoms with Crippen molar-refractivity contribution in [3.05, 3.63) is 42.5 Å². The van der Waals surface area contributed by atoms with E-state index in [0.29, 0.717) is 5.82 Å². The van der Waals surface area contributed by atoms with E-state index in [-0.39, 0.29) is 24.4 Å². The van der Waals surface area contributed by atoms with Gasteiger partial charge in [-0.15, -0.1) is 5.10 Å². The molecule has 1 fully saturated rings. The number of benzene rings is 1. The Balaban J connectivity index is 1.74. The van der Waals surface area contributed by atoms with Gasteiger partial charge >= 0.3 is 6.03 Å². The quantitative estimate of drug-likeness (QED) is 0.853. The molecule has 1 saturated heterocycles. The molecule has 1 aromatic heterocycles. The smallest absolute Gasteiger partial charge is 0.325 e. The van der Waals surface area contributed by atoms with E-state index in [1.54, 1.807) is 11.0 Å². The van der Waals surface area contributed by atoms with Crippen LogP contribution in [0.3, 0.4) is 0 Å². The zero-order valence-corrected chi connectivity index (χ0v) is 13.1. The summed E-state index contributed by atoms with van der Waals surface area (Å²) >= 11 is 0. The summed E-state index contributed by atoms with van der Waals surface area (Å²) in [4.78, 5) is 29.8. The van der Waals surface area contributed by atoms with Crippen LogP contribution in [0.1, 0.15) is 26.1 Å². The van der Waals surface area contributed by atoms with Crippen molar-refractivity contribution in [1.82, 2.24) is 25.0 Å². The van der Waals surface area contributed by atoms with Crippen molar-refractivity contribution in [3.63, 3.8) is 0 Å². The van der Waals surface area contributed by atoms with Crippen LogP contribution in [0.2, 0.25) is 0 Å². The average Bonchev–Trinajstić information content (AvgIpc) is 3.15. The molecule has 2 atom stereocenters. The van der Waals surface area contributed by atoms with Gasteiger partial charge in [0.25, 0.3) is 5.91 Å². The second-order valence-electron chi connectivity index (χ2n) is 5.68. The number of carbonyl (C=O) groups excluding carboxylic acids is 2. The summed E-state index contributed by atoms with van der Waals surface area (Å²) in [5.41, 5.74) is 0.876. The highest BCUT2D eigenvalue weighted by Crippen LogP contribution is 2.18. The van der Waals surface area contributed by atoms with E-state index in [1.807, 2.05) is 44.2 Å². The third-order valence-corrected chi connectivity index (χ3v) is 4.13. The largest absolute Gasteiger partial charge is 0.326 e. The molecule has 0 aliphatic carbocycles. The molecule has 3 amide bonds. The monoisotopic (exact) mass is 313 g/mol. The van der Waals surface area contributed by atoms with Crippen LogP contribution in [-0.2, 0) is 11.3 Å². The zero-order chi connectivity index (χ0) is 16.4. The number of hydrogen-bond acceptors (Lipinski definition) is 4. The fourth-order valence-electron chi connectivity index (χ4n) is 2.53. The molecular weight excluding hydrogens is 294 g/mol. The lowest BCUT2D eigenvalue weighted by molar-refractivity contribution is -0.128. The van der Waals surface area contributed by atoms with Crippen molar-refractivity contribution in [2.45, 2.75) is 32.9 Å². The van der Waals surface area contributed by atoms with Gasteiger partial charge in [0.1, 0.15) is 12.4 Å². The molecule has 120 valence electrons. The van der Waals surface area contributed by atoms with Crippen LogP contribution in [0.25, 0.3) is 5.69 Å². The first-order chi connectivity index (χ1) is 11.1. The van der Waals surface area contributed by atoms with Crippen LogP contribution in [0.15, 0.2) is 36.7 Å². The maximum absolute atomic E-state index is 12.4. The number of urea groups is 1. The number of amides is 3. The zero-order valence-electron chi connectivity index (χ0n) is 13.1. The van der Waals surface area contributed by atoms with E-state index >= 15 is 0 Å². The minimum Gasteiger partial charge on any atom is -0.326 e. The molecule has 2 aromatic rings. The lowest BCUT2D eigenvalue weighted by atomic mass is 9.99. The summed E-state index contributed by atoms with van der Waals surface area (Å²) in [6.45, 7) is 4.03. The second-order valence-corrected chi connectivity index (χ2v) is 5.68. The molecule has 7 nitrogen and oxygen atoms in total. The molecule has 3 rings (SSSR count). The number of nitrogens with zero attached hydrogens (tertiary/aromatic N) is 4. The lowest BCUT2D eigenvalue weighted by Crippen LogP contribution is -2.35. The fraction of sp³-hybridized carbons (Fsp3) is 0.375. The van der Waals surface area contributed by atoms with Gasteiger partial charge in [-0.1, -0.05) is 38.5 Å². The third kappa shape index (κ3) is 2.94. The third-order valence-electron chi connectivity index (χ3n) is 4.13. The molecule has 0 unspecified atom stereocenters. The van der Waals surface area contributed by atoms with Crippen LogP contribution in [0.4, 0.5) is 4.79 Å². The Hall–Kier alpha value is -2.70. The minimum absolute atomic E-state index is 0.0808. The van der Waals surface area contributed by atoms with Gasteiger partial charge in [-0.25, -0.2) is 14.5 Å². The summed E-state index contributed by atoms with van der Waals surface area (Å²) in [7, 11) is 0. The number of hydrogen-bond donors (Lipinski definition) is 1. The first-order valence-electron chi connectivity index (χ1n) is 7.68. The standard InChI is InChI=1S/C16H19N5O2/c1-3-11(2)14-15(22)20(16(23)18-14)9-13-17-10-21(19-13)12-7-5-4-6-8-12/h4-8,10-11,14H,3,9H2,1-2H3,(H,18,23)/t11-,14-/m0/s1. The molecule has 1 aliphatic rings.